The standard InChI is InChI=1S/C13H25N3O3S/c1-20(18,19)16-7-3-5-11(9-16)15-13(17)8-10-4-2-6-12(10)14/h10-12H,2-9,14H2,1H3,(H,15,17)/t10-,11?,12+/m0/s1. The Morgan fingerprint density at radius 1 is 1.30 bits per heavy atom. The average Bonchev–Trinajstić information content (AvgIpc) is 2.74. The third-order valence-corrected chi connectivity index (χ3v) is 5.65. The molecule has 3 N–H and O–H groups in total. The molecule has 1 aliphatic carbocycles. The largest absolute Gasteiger partial charge is 0.352 e. The van der Waals surface area contributed by atoms with Crippen molar-refractivity contribution in [3.05, 3.63) is 0 Å². The van der Waals surface area contributed by atoms with Crippen LogP contribution in [0.3, 0.4) is 0 Å². The first kappa shape index (κ1) is 15.7. The molecule has 0 spiro atoms. The molecule has 1 saturated heterocycles. The molecule has 1 unspecified atom stereocenters. The van der Waals surface area contributed by atoms with E-state index < -0.39 is 10.0 Å². The maximum atomic E-state index is 12.0. The van der Waals surface area contributed by atoms with Crippen LogP contribution in [-0.4, -0.2) is 50.1 Å². The van der Waals surface area contributed by atoms with Crippen molar-refractivity contribution in [2.75, 3.05) is 19.3 Å². The van der Waals surface area contributed by atoms with Crippen LogP contribution in [0.25, 0.3) is 0 Å². The lowest BCUT2D eigenvalue weighted by Crippen LogP contribution is -2.49. The van der Waals surface area contributed by atoms with E-state index in [4.69, 9.17) is 5.73 Å². The van der Waals surface area contributed by atoms with Gasteiger partial charge in [-0.1, -0.05) is 6.42 Å². The van der Waals surface area contributed by atoms with Crippen LogP contribution < -0.4 is 11.1 Å². The van der Waals surface area contributed by atoms with Gasteiger partial charge in [-0.25, -0.2) is 12.7 Å². The summed E-state index contributed by atoms with van der Waals surface area (Å²) in [6.45, 7) is 0.944. The first-order valence-corrected chi connectivity index (χ1v) is 9.21. The topological polar surface area (TPSA) is 92.5 Å². The van der Waals surface area contributed by atoms with Crippen LogP contribution in [0, 0.1) is 5.92 Å². The second-order valence-corrected chi connectivity index (χ2v) is 8.07. The van der Waals surface area contributed by atoms with E-state index in [1.54, 1.807) is 0 Å². The van der Waals surface area contributed by atoms with Gasteiger partial charge in [0.2, 0.25) is 15.9 Å². The molecule has 0 aromatic carbocycles. The van der Waals surface area contributed by atoms with Crippen molar-refractivity contribution in [2.45, 2.75) is 50.6 Å². The number of rotatable bonds is 4. The molecule has 7 heteroatoms. The minimum Gasteiger partial charge on any atom is -0.352 e. The minimum atomic E-state index is -3.16. The lowest BCUT2D eigenvalue weighted by molar-refractivity contribution is -0.123. The number of nitrogens with two attached hydrogens (primary N) is 1. The van der Waals surface area contributed by atoms with Gasteiger partial charge in [0.15, 0.2) is 0 Å². The Hall–Kier alpha value is -0.660. The van der Waals surface area contributed by atoms with Crippen LogP contribution in [0.1, 0.15) is 38.5 Å². The lowest BCUT2D eigenvalue weighted by Gasteiger charge is -2.31. The monoisotopic (exact) mass is 303 g/mol. The van der Waals surface area contributed by atoms with Gasteiger partial charge < -0.3 is 11.1 Å². The second-order valence-electron chi connectivity index (χ2n) is 6.09. The zero-order chi connectivity index (χ0) is 14.8. The lowest BCUT2D eigenvalue weighted by atomic mass is 9.99. The summed E-state index contributed by atoms with van der Waals surface area (Å²) in [5, 5.41) is 2.97. The maximum absolute atomic E-state index is 12.0. The first-order chi connectivity index (χ1) is 9.36. The van der Waals surface area contributed by atoms with Gasteiger partial charge >= 0.3 is 0 Å². The highest BCUT2D eigenvalue weighted by molar-refractivity contribution is 7.88. The van der Waals surface area contributed by atoms with Gasteiger partial charge in [-0.3, -0.25) is 4.79 Å². The van der Waals surface area contributed by atoms with Crippen LogP contribution in [-0.2, 0) is 14.8 Å². The number of carbonyl (C=O) groups is 1. The van der Waals surface area contributed by atoms with Crippen LogP contribution in [0.15, 0.2) is 0 Å². The van der Waals surface area contributed by atoms with E-state index in [1.807, 2.05) is 0 Å². The van der Waals surface area contributed by atoms with Gasteiger partial charge in [0.25, 0.3) is 0 Å². The maximum Gasteiger partial charge on any atom is 0.220 e. The molecular formula is C13H25N3O3S. The van der Waals surface area contributed by atoms with Crippen LogP contribution >= 0.6 is 0 Å². The van der Waals surface area contributed by atoms with E-state index in [0.29, 0.717) is 19.5 Å². The summed E-state index contributed by atoms with van der Waals surface area (Å²) < 4.78 is 24.5. The smallest absolute Gasteiger partial charge is 0.220 e. The van der Waals surface area contributed by atoms with E-state index >= 15 is 0 Å². The molecule has 1 heterocycles. The van der Waals surface area contributed by atoms with E-state index in [-0.39, 0.29) is 23.9 Å². The van der Waals surface area contributed by atoms with E-state index in [0.717, 1.165) is 32.1 Å². The van der Waals surface area contributed by atoms with E-state index in [1.165, 1.54) is 10.6 Å². The van der Waals surface area contributed by atoms with Crippen molar-refractivity contribution in [2.24, 2.45) is 11.7 Å². The predicted octanol–water partition coefficient (Wildman–Crippen LogP) is 0.0441. The summed E-state index contributed by atoms with van der Waals surface area (Å²) in [5.74, 6) is 0.289. The summed E-state index contributed by atoms with van der Waals surface area (Å²) in [5.41, 5.74) is 5.97. The molecule has 2 aliphatic rings. The molecule has 1 amide bonds. The highest BCUT2D eigenvalue weighted by Gasteiger charge is 2.29. The van der Waals surface area contributed by atoms with Crippen LogP contribution in [0.5, 0.6) is 0 Å². The summed E-state index contributed by atoms with van der Waals surface area (Å²) in [6, 6.07) is 0.0724. The van der Waals surface area contributed by atoms with Gasteiger partial charge in [0, 0.05) is 31.6 Å². The molecule has 1 aliphatic heterocycles. The molecule has 1 saturated carbocycles. The van der Waals surface area contributed by atoms with E-state index in [2.05, 4.69) is 5.32 Å². The molecule has 3 atom stereocenters. The van der Waals surface area contributed by atoms with Crippen LogP contribution in [0.4, 0.5) is 0 Å². The SMILES string of the molecule is CS(=O)(=O)N1CCCC(NC(=O)C[C@@H]2CCC[C@H]2N)C1. The normalized spacial score (nSPS) is 32.2. The predicted molar refractivity (Wildman–Crippen MR) is 77.5 cm³/mol. The Bertz CT molecular complexity index is 452. The number of carbonyl (C=O) groups excluding carboxylic acids is 1. The molecule has 6 nitrogen and oxygen atoms in total. The van der Waals surface area contributed by atoms with Crippen molar-refractivity contribution >= 4 is 15.9 Å². The van der Waals surface area contributed by atoms with Gasteiger partial charge in [-0.05, 0) is 31.6 Å². The fourth-order valence-electron chi connectivity index (χ4n) is 3.21. The molecule has 20 heavy (non-hydrogen) atoms. The third kappa shape index (κ3) is 4.17. The number of hydrogen-bond donors (Lipinski definition) is 2. The molecule has 2 fully saturated rings. The highest BCUT2D eigenvalue weighted by atomic mass is 32.2. The molecule has 0 aromatic heterocycles. The number of nitrogens with zero attached hydrogens (tertiary/aromatic N) is 1. The Morgan fingerprint density at radius 3 is 2.65 bits per heavy atom. The molecule has 0 bridgehead atoms. The van der Waals surface area contributed by atoms with Gasteiger partial charge in [-0.15, -0.1) is 0 Å². The molecule has 0 radical (unpaired) electrons. The summed E-state index contributed by atoms with van der Waals surface area (Å²) in [6.07, 6.45) is 6.45. The molecule has 0 aromatic rings. The number of sulfonamides is 1. The number of nitrogens with one attached hydrogen (secondary N) is 1. The number of piperidine rings is 1. The zero-order valence-electron chi connectivity index (χ0n) is 12.0. The van der Waals surface area contributed by atoms with Crippen LogP contribution in [0.2, 0.25) is 0 Å². The Balaban J connectivity index is 1.82. The van der Waals surface area contributed by atoms with Crippen molar-refractivity contribution in [3.63, 3.8) is 0 Å². The first-order valence-electron chi connectivity index (χ1n) is 7.36. The van der Waals surface area contributed by atoms with Gasteiger partial charge in [0.1, 0.15) is 0 Å². The fraction of sp³-hybridized carbons (Fsp3) is 0.923. The van der Waals surface area contributed by atoms with E-state index in [9.17, 15) is 13.2 Å². The van der Waals surface area contributed by atoms with Gasteiger partial charge in [0.05, 0.1) is 6.26 Å². The average molecular weight is 303 g/mol. The Morgan fingerprint density at radius 2 is 2.05 bits per heavy atom. The van der Waals surface area contributed by atoms with Crippen molar-refractivity contribution in [1.82, 2.24) is 9.62 Å². The Kier molecular flexibility index (Phi) is 5.04. The number of amides is 1. The highest BCUT2D eigenvalue weighted by Crippen LogP contribution is 2.26. The van der Waals surface area contributed by atoms with Gasteiger partial charge in [-0.2, -0.15) is 0 Å². The zero-order valence-corrected chi connectivity index (χ0v) is 12.9. The quantitative estimate of drug-likeness (QED) is 0.767. The number of hydrogen-bond acceptors (Lipinski definition) is 4. The summed E-state index contributed by atoms with van der Waals surface area (Å²) in [7, 11) is -3.16. The third-order valence-electron chi connectivity index (χ3n) is 4.38. The van der Waals surface area contributed by atoms with Crippen molar-refractivity contribution in [1.29, 1.82) is 0 Å². The minimum absolute atomic E-state index is 0.00713. The molecular weight excluding hydrogens is 278 g/mol. The Labute approximate surface area is 121 Å². The second kappa shape index (κ2) is 6.41. The molecule has 2 rings (SSSR count). The summed E-state index contributed by atoms with van der Waals surface area (Å²) >= 11 is 0. The van der Waals surface area contributed by atoms with Crippen molar-refractivity contribution < 1.29 is 13.2 Å². The molecule has 116 valence electrons. The fourth-order valence-corrected chi connectivity index (χ4v) is 4.12. The van der Waals surface area contributed by atoms with Crippen molar-refractivity contribution in [3.8, 4) is 0 Å². The summed E-state index contributed by atoms with van der Waals surface area (Å²) in [4.78, 5) is 12.0.